The molecule has 3 rings (SSSR count). The van der Waals surface area contributed by atoms with Crippen LogP contribution >= 0.6 is 46.6 Å². The normalized spacial score (nSPS) is 15.2. The van der Waals surface area contributed by atoms with E-state index >= 15 is 0 Å². The van der Waals surface area contributed by atoms with Gasteiger partial charge in [-0.3, -0.25) is 9.59 Å². The second-order valence-electron chi connectivity index (χ2n) is 8.41. The Balaban J connectivity index is 1.65. The fourth-order valence-electron chi connectivity index (χ4n) is 3.91. The molecule has 0 radical (unpaired) electrons. The summed E-state index contributed by atoms with van der Waals surface area (Å²) in [5, 5.41) is 4.80. The average molecular weight is 528 g/mol. The Hall–Kier alpha value is -1.40. The number of hydrogen-bond acceptors (Lipinski definition) is 3. The molecule has 0 saturated heterocycles. The zero-order chi connectivity index (χ0) is 23.8. The van der Waals surface area contributed by atoms with Gasteiger partial charge in [-0.05, 0) is 55.2 Å². The lowest BCUT2D eigenvalue weighted by Gasteiger charge is -2.31. The van der Waals surface area contributed by atoms with E-state index < -0.39 is 6.04 Å². The Bertz CT molecular complexity index is 949. The minimum Gasteiger partial charge on any atom is -0.352 e. The fraction of sp³-hybridized carbons (Fsp3) is 0.440. The van der Waals surface area contributed by atoms with Gasteiger partial charge in [-0.15, -0.1) is 11.8 Å². The lowest BCUT2D eigenvalue weighted by molar-refractivity contribution is -0.139. The Kier molecular flexibility index (Phi) is 10.2. The predicted octanol–water partition coefficient (Wildman–Crippen LogP) is 6.75. The molecule has 0 spiro atoms. The molecule has 1 aliphatic carbocycles. The molecule has 2 aromatic rings. The van der Waals surface area contributed by atoms with E-state index in [9.17, 15) is 9.59 Å². The summed E-state index contributed by atoms with van der Waals surface area (Å²) in [4.78, 5) is 27.9. The van der Waals surface area contributed by atoms with Crippen LogP contribution in [0.15, 0.2) is 42.5 Å². The van der Waals surface area contributed by atoms with E-state index in [1.807, 2.05) is 24.3 Å². The topological polar surface area (TPSA) is 49.4 Å². The van der Waals surface area contributed by atoms with Gasteiger partial charge in [0, 0.05) is 23.4 Å². The first-order valence-corrected chi connectivity index (χ1v) is 13.5. The molecule has 0 heterocycles. The summed E-state index contributed by atoms with van der Waals surface area (Å²) in [7, 11) is 0. The molecule has 0 aromatic heterocycles. The average Bonchev–Trinajstić information content (AvgIpc) is 2.81. The summed E-state index contributed by atoms with van der Waals surface area (Å²) in [6.07, 6.45) is 5.50. The zero-order valence-electron chi connectivity index (χ0n) is 18.7. The van der Waals surface area contributed by atoms with E-state index in [1.165, 1.54) is 18.2 Å². The minimum atomic E-state index is -0.569. The molecule has 1 atom stereocenters. The molecule has 0 bridgehead atoms. The van der Waals surface area contributed by atoms with Gasteiger partial charge in [0.1, 0.15) is 6.04 Å². The van der Waals surface area contributed by atoms with Gasteiger partial charge in [0.05, 0.1) is 15.8 Å². The number of halogens is 3. The van der Waals surface area contributed by atoms with Crippen molar-refractivity contribution in [3.8, 4) is 0 Å². The van der Waals surface area contributed by atoms with Crippen LogP contribution in [0.5, 0.6) is 0 Å². The van der Waals surface area contributed by atoms with Crippen LogP contribution in [0, 0.1) is 0 Å². The molecule has 2 amide bonds. The van der Waals surface area contributed by atoms with E-state index in [2.05, 4.69) is 5.32 Å². The van der Waals surface area contributed by atoms with Crippen LogP contribution < -0.4 is 5.32 Å². The van der Waals surface area contributed by atoms with Gasteiger partial charge < -0.3 is 10.2 Å². The van der Waals surface area contributed by atoms with Crippen molar-refractivity contribution in [3.05, 3.63) is 68.7 Å². The van der Waals surface area contributed by atoms with Crippen molar-refractivity contribution in [1.29, 1.82) is 0 Å². The lowest BCUT2D eigenvalue weighted by atomic mass is 9.95. The number of carbonyl (C=O) groups excluding carboxylic acids is 2. The van der Waals surface area contributed by atoms with Crippen molar-refractivity contribution >= 4 is 58.4 Å². The number of thioether (sulfide) groups is 1. The summed E-state index contributed by atoms with van der Waals surface area (Å²) >= 11 is 19.6. The number of amides is 2. The smallest absolute Gasteiger partial charge is 0.242 e. The van der Waals surface area contributed by atoms with E-state index in [0.29, 0.717) is 27.4 Å². The van der Waals surface area contributed by atoms with Crippen LogP contribution in [0.1, 0.15) is 50.2 Å². The fourth-order valence-corrected chi connectivity index (χ4v) is 5.21. The van der Waals surface area contributed by atoms with E-state index in [-0.39, 0.29) is 23.6 Å². The van der Waals surface area contributed by atoms with E-state index in [1.54, 1.807) is 30.0 Å². The third-order valence-corrected chi connectivity index (χ3v) is 7.84. The minimum absolute atomic E-state index is 0.0821. The number of nitrogens with zero attached hydrogens (tertiary/aromatic N) is 1. The molecule has 1 saturated carbocycles. The highest BCUT2D eigenvalue weighted by Crippen LogP contribution is 2.25. The number of nitrogens with one attached hydrogen (secondary N) is 1. The molecule has 1 aliphatic rings. The van der Waals surface area contributed by atoms with E-state index in [4.69, 9.17) is 34.8 Å². The van der Waals surface area contributed by atoms with Crippen molar-refractivity contribution in [2.75, 3.05) is 5.75 Å². The second kappa shape index (κ2) is 12.9. The predicted molar refractivity (Wildman–Crippen MR) is 139 cm³/mol. The van der Waals surface area contributed by atoms with Crippen LogP contribution in [-0.4, -0.2) is 34.6 Å². The molecule has 8 heteroatoms. The van der Waals surface area contributed by atoms with Crippen LogP contribution in [0.2, 0.25) is 15.1 Å². The van der Waals surface area contributed by atoms with Crippen molar-refractivity contribution in [2.45, 2.75) is 63.4 Å². The first kappa shape index (κ1) is 26.2. The van der Waals surface area contributed by atoms with Crippen molar-refractivity contribution in [1.82, 2.24) is 10.2 Å². The number of benzene rings is 2. The highest BCUT2D eigenvalue weighted by Gasteiger charge is 2.28. The summed E-state index contributed by atoms with van der Waals surface area (Å²) in [5.41, 5.74) is 1.93. The number of carbonyl (C=O) groups is 2. The molecule has 1 N–H and O–H groups in total. The van der Waals surface area contributed by atoms with Crippen molar-refractivity contribution in [3.63, 3.8) is 0 Å². The highest BCUT2D eigenvalue weighted by atomic mass is 35.5. The Morgan fingerprint density at radius 3 is 2.33 bits per heavy atom. The summed E-state index contributed by atoms with van der Waals surface area (Å²) in [6, 6.07) is 12.5. The maximum absolute atomic E-state index is 13.2. The molecule has 178 valence electrons. The van der Waals surface area contributed by atoms with Crippen molar-refractivity contribution < 1.29 is 9.59 Å². The maximum Gasteiger partial charge on any atom is 0.242 e. The largest absolute Gasteiger partial charge is 0.352 e. The van der Waals surface area contributed by atoms with Gasteiger partial charge >= 0.3 is 0 Å². The zero-order valence-corrected chi connectivity index (χ0v) is 21.7. The first-order valence-electron chi connectivity index (χ1n) is 11.2. The van der Waals surface area contributed by atoms with Crippen LogP contribution in [0.25, 0.3) is 0 Å². The Labute approximate surface area is 215 Å². The van der Waals surface area contributed by atoms with Gasteiger partial charge in [-0.25, -0.2) is 0 Å². The van der Waals surface area contributed by atoms with Crippen LogP contribution in [0.3, 0.4) is 0 Å². The van der Waals surface area contributed by atoms with Gasteiger partial charge in [0.15, 0.2) is 0 Å². The van der Waals surface area contributed by atoms with Crippen LogP contribution in [0.4, 0.5) is 0 Å². The summed E-state index contributed by atoms with van der Waals surface area (Å²) < 4.78 is 0. The van der Waals surface area contributed by atoms with Crippen LogP contribution in [-0.2, 0) is 21.9 Å². The van der Waals surface area contributed by atoms with Gasteiger partial charge in [0.2, 0.25) is 11.8 Å². The molecule has 33 heavy (non-hydrogen) atoms. The monoisotopic (exact) mass is 526 g/mol. The standard InChI is InChI=1S/C25H29Cl3N2O2S/c1-17(25(32)29-21-5-3-2-4-6-21)30(14-18-7-10-20(26)11-8-18)24(31)16-33-15-19-9-12-22(27)23(28)13-19/h7-13,17,21H,2-6,14-16H2,1H3,(H,29,32)/t17-/m1/s1. The molecule has 2 aromatic carbocycles. The molecule has 1 fully saturated rings. The summed E-state index contributed by atoms with van der Waals surface area (Å²) in [5.74, 6) is 0.703. The van der Waals surface area contributed by atoms with E-state index in [0.717, 1.165) is 36.8 Å². The third-order valence-electron chi connectivity index (χ3n) is 5.86. The Morgan fingerprint density at radius 2 is 1.67 bits per heavy atom. The Morgan fingerprint density at radius 1 is 1.00 bits per heavy atom. The molecule has 0 aliphatic heterocycles. The quantitative estimate of drug-likeness (QED) is 0.392. The molecule has 4 nitrogen and oxygen atoms in total. The first-order chi connectivity index (χ1) is 15.8. The number of hydrogen-bond donors (Lipinski definition) is 1. The maximum atomic E-state index is 13.2. The SMILES string of the molecule is C[C@H](C(=O)NC1CCCCC1)N(Cc1ccc(Cl)cc1)C(=O)CSCc1ccc(Cl)c(Cl)c1. The summed E-state index contributed by atoms with van der Waals surface area (Å²) in [6.45, 7) is 2.15. The molecular formula is C25H29Cl3N2O2S. The van der Waals surface area contributed by atoms with Crippen molar-refractivity contribution in [2.24, 2.45) is 0 Å². The molecule has 0 unspecified atom stereocenters. The third kappa shape index (κ3) is 8.10. The lowest BCUT2D eigenvalue weighted by Crippen LogP contribution is -2.50. The second-order valence-corrected chi connectivity index (χ2v) is 10.6. The van der Waals surface area contributed by atoms with Gasteiger partial charge in [-0.2, -0.15) is 0 Å². The number of rotatable bonds is 9. The molecular weight excluding hydrogens is 499 g/mol. The van der Waals surface area contributed by atoms with Gasteiger partial charge in [0.25, 0.3) is 0 Å². The van der Waals surface area contributed by atoms with Gasteiger partial charge in [-0.1, -0.05) is 72.3 Å². The highest BCUT2D eigenvalue weighted by molar-refractivity contribution is 7.99.